The fourth-order valence-corrected chi connectivity index (χ4v) is 6.19. The van der Waals surface area contributed by atoms with E-state index in [9.17, 15) is 23.8 Å². The highest BCUT2D eigenvalue weighted by Crippen LogP contribution is 2.43. The first-order valence-corrected chi connectivity index (χ1v) is 21.8. The third kappa shape index (κ3) is 36.6. The zero-order valence-corrected chi connectivity index (χ0v) is 34.2. The van der Waals surface area contributed by atoms with Gasteiger partial charge in [0.25, 0.3) is 0 Å². The fraction of sp³-hybridized carbons (Fsp3) is 0.923. The molecule has 11 nitrogen and oxygen atoms in total. The number of carbonyl (C=O) groups is 3. The molecule has 12 heteroatoms. The summed E-state index contributed by atoms with van der Waals surface area (Å²) in [5.41, 5.74) is 0. The standard InChI is InChI=1S/C39H76NO10P/c1-6-8-9-10-11-12-13-14-15-17-20-23-26-29-38(42)47-34-36(35-49-51(44,45)48-33-31-40(3,4)5)50-39(43)30-27-24-21-18-16-19-22-25-28-32-46-37(41)7-2/h36H,6-35H2,1-5H3/p+1. The second-order valence-electron chi connectivity index (χ2n) is 14.9. The quantitative estimate of drug-likeness (QED) is 0.0215. The van der Waals surface area contributed by atoms with Crippen molar-refractivity contribution < 1.29 is 51.6 Å². The summed E-state index contributed by atoms with van der Waals surface area (Å²) in [4.78, 5) is 46.3. The van der Waals surface area contributed by atoms with Gasteiger partial charge in [0.2, 0.25) is 0 Å². The summed E-state index contributed by atoms with van der Waals surface area (Å²) in [6, 6.07) is 0. The number of carbonyl (C=O) groups excluding carboxylic acids is 3. The van der Waals surface area contributed by atoms with Gasteiger partial charge < -0.3 is 23.6 Å². The van der Waals surface area contributed by atoms with Crippen molar-refractivity contribution in [2.45, 2.75) is 180 Å². The van der Waals surface area contributed by atoms with Crippen molar-refractivity contribution in [2.24, 2.45) is 0 Å². The van der Waals surface area contributed by atoms with Crippen LogP contribution in [-0.4, -0.2) is 87.5 Å². The lowest BCUT2D eigenvalue weighted by Crippen LogP contribution is -2.37. The molecule has 0 heterocycles. The maximum Gasteiger partial charge on any atom is 0.472 e. The van der Waals surface area contributed by atoms with Crippen LogP contribution in [0.2, 0.25) is 0 Å². The Morgan fingerprint density at radius 1 is 0.549 bits per heavy atom. The summed E-state index contributed by atoms with van der Waals surface area (Å²) < 4.78 is 39.2. The summed E-state index contributed by atoms with van der Waals surface area (Å²) in [6.45, 7) is 4.39. The molecule has 0 fully saturated rings. The Kier molecular flexibility index (Phi) is 32.1. The van der Waals surface area contributed by atoms with E-state index in [1.807, 2.05) is 21.1 Å². The molecule has 0 saturated carbocycles. The molecule has 2 atom stereocenters. The first-order chi connectivity index (χ1) is 24.4. The van der Waals surface area contributed by atoms with Gasteiger partial charge in [-0.2, -0.15) is 0 Å². The Hall–Kier alpha value is -1.52. The lowest BCUT2D eigenvalue weighted by atomic mass is 10.0. The average Bonchev–Trinajstić information content (AvgIpc) is 3.07. The molecule has 2 unspecified atom stereocenters. The van der Waals surface area contributed by atoms with Gasteiger partial charge in [-0.1, -0.05) is 136 Å². The van der Waals surface area contributed by atoms with Crippen molar-refractivity contribution in [3.8, 4) is 0 Å². The number of quaternary nitrogens is 1. The van der Waals surface area contributed by atoms with E-state index in [0.717, 1.165) is 70.6 Å². The van der Waals surface area contributed by atoms with Gasteiger partial charge in [0.05, 0.1) is 34.4 Å². The highest BCUT2D eigenvalue weighted by molar-refractivity contribution is 7.47. The zero-order chi connectivity index (χ0) is 38.1. The third-order valence-corrected chi connectivity index (χ3v) is 9.71. The Balaban J connectivity index is 4.37. The first-order valence-electron chi connectivity index (χ1n) is 20.3. The largest absolute Gasteiger partial charge is 0.472 e. The number of esters is 3. The maximum absolute atomic E-state index is 12.6. The predicted molar refractivity (Wildman–Crippen MR) is 203 cm³/mol. The Morgan fingerprint density at radius 3 is 1.47 bits per heavy atom. The molecule has 0 saturated heterocycles. The van der Waals surface area contributed by atoms with Gasteiger partial charge in [-0.25, -0.2) is 4.57 Å². The molecule has 0 radical (unpaired) electrons. The molecule has 1 N–H and O–H groups in total. The van der Waals surface area contributed by atoms with E-state index in [1.165, 1.54) is 64.2 Å². The number of phosphoric ester groups is 1. The second kappa shape index (κ2) is 33.1. The van der Waals surface area contributed by atoms with Crippen LogP contribution in [0.1, 0.15) is 174 Å². The molecule has 302 valence electrons. The van der Waals surface area contributed by atoms with E-state index in [1.54, 1.807) is 6.92 Å². The third-order valence-electron chi connectivity index (χ3n) is 8.73. The van der Waals surface area contributed by atoms with Crippen molar-refractivity contribution in [3.05, 3.63) is 0 Å². The number of ether oxygens (including phenoxy) is 3. The fourth-order valence-electron chi connectivity index (χ4n) is 5.45. The minimum absolute atomic E-state index is 0.0199. The smallest absolute Gasteiger partial charge is 0.466 e. The summed E-state index contributed by atoms with van der Waals surface area (Å²) in [5.74, 6) is -0.988. The Bertz CT molecular complexity index is 911. The van der Waals surface area contributed by atoms with Crippen LogP contribution >= 0.6 is 7.82 Å². The number of phosphoric acid groups is 1. The van der Waals surface area contributed by atoms with E-state index < -0.39 is 26.5 Å². The number of unbranched alkanes of at least 4 members (excludes halogenated alkanes) is 20. The van der Waals surface area contributed by atoms with Gasteiger partial charge >= 0.3 is 25.7 Å². The highest BCUT2D eigenvalue weighted by Gasteiger charge is 2.27. The van der Waals surface area contributed by atoms with Crippen LogP contribution in [0.3, 0.4) is 0 Å². The van der Waals surface area contributed by atoms with E-state index in [-0.39, 0.29) is 38.0 Å². The van der Waals surface area contributed by atoms with E-state index >= 15 is 0 Å². The van der Waals surface area contributed by atoms with Crippen LogP contribution < -0.4 is 0 Å². The second-order valence-corrected chi connectivity index (χ2v) is 16.4. The van der Waals surface area contributed by atoms with Crippen molar-refractivity contribution in [1.82, 2.24) is 0 Å². The Morgan fingerprint density at radius 2 is 1.00 bits per heavy atom. The van der Waals surface area contributed by atoms with Gasteiger partial charge in [-0.05, 0) is 19.3 Å². The number of rotatable bonds is 37. The lowest BCUT2D eigenvalue weighted by molar-refractivity contribution is -0.870. The molecule has 0 aliphatic heterocycles. The summed E-state index contributed by atoms with van der Waals surface area (Å²) in [5, 5.41) is 0. The summed E-state index contributed by atoms with van der Waals surface area (Å²) >= 11 is 0. The molecule has 0 aliphatic carbocycles. The normalized spacial score (nSPS) is 13.5. The minimum Gasteiger partial charge on any atom is -0.466 e. The topological polar surface area (TPSA) is 135 Å². The van der Waals surface area contributed by atoms with Gasteiger partial charge in [0, 0.05) is 19.3 Å². The molecule has 0 aliphatic rings. The number of hydrogen-bond acceptors (Lipinski definition) is 9. The maximum atomic E-state index is 12.6. The van der Waals surface area contributed by atoms with Gasteiger partial charge in [-0.15, -0.1) is 0 Å². The number of likely N-dealkylation sites (N-methyl/N-ethyl adjacent to an activating group) is 1. The van der Waals surface area contributed by atoms with Crippen LogP contribution in [0.25, 0.3) is 0 Å². The van der Waals surface area contributed by atoms with E-state index in [2.05, 4.69) is 6.92 Å². The molecule has 0 spiro atoms. The molecular weight excluding hydrogens is 673 g/mol. The van der Waals surface area contributed by atoms with Crippen LogP contribution in [0, 0.1) is 0 Å². The van der Waals surface area contributed by atoms with Gasteiger partial charge in [-0.3, -0.25) is 23.4 Å². The molecule has 0 rings (SSSR count). The molecule has 0 amide bonds. The molecule has 51 heavy (non-hydrogen) atoms. The predicted octanol–water partition coefficient (Wildman–Crippen LogP) is 9.62. The van der Waals surface area contributed by atoms with Crippen molar-refractivity contribution in [1.29, 1.82) is 0 Å². The molecule has 0 aromatic carbocycles. The highest BCUT2D eigenvalue weighted by atomic mass is 31.2. The van der Waals surface area contributed by atoms with Crippen LogP contribution in [0.5, 0.6) is 0 Å². The molecular formula is C39H77NO10P+. The number of nitrogens with zero attached hydrogens (tertiary/aromatic N) is 1. The lowest BCUT2D eigenvalue weighted by Gasteiger charge is -2.24. The molecule has 0 bridgehead atoms. The van der Waals surface area contributed by atoms with Crippen LogP contribution in [-0.2, 0) is 42.2 Å². The SMILES string of the molecule is CCCCCCCCCCCCCCCC(=O)OCC(COP(=O)(O)OCC[N+](C)(C)C)OC(=O)CCCCCCCCCCCOC(=O)CC. The van der Waals surface area contributed by atoms with Crippen molar-refractivity contribution >= 4 is 25.7 Å². The van der Waals surface area contributed by atoms with Gasteiger partial charge in [0.1, 0.15) is 19.8 Å². The average molecular weight is 751 g/mol. The minimum atomic E-state index is -4.38. The van der Waals surface area contributed by atoms with Crippen LogP contribution in [0.15, 0.2) is 0 Å². The van der Waals surface area contributed by atoms with E-state index in [4.69, 9.17) is 23.3 Å². The molecule has 0 aromatic rings. The van der Waals surface area contributed by atoms with Gasteiger partial charge in [0.15, 0.2) is 6.10 Å². The number of hydrogen-bond donors (Lipinski definition) is 1. The van der Waals surface area contributed by atoms with Crippen LogP contribution in [0.4, 0.5) is 0 Å². The summed E-state index contributed by atoms with van der Waals surface area (Å²) in [6.07, 6.45) is 24.7. The molecule has 0 aromatic heterocycles. The summed E-state index contributed by atoms with van der Waals surface area (Å²) in [7, 11) is 1.43. The van der Waals surface area contributed by atoms with Crippen molar-refractivity contribution in [2.75, 3.05) is 54.1 Å². The van der Waals surface area contributed by atoms with Crippen molar-refractivity contribution in [3.63, 3.8) is 0 Å². The van der Waals surface area contributed by atoms with E-state index in [0.29, 0.717) is 30.5 Å². The first kappa shape index (κ1) is 49.5. The Labute approximate surface area is 311 Å². The monoisotopic (exact) mass is 751 g/mol. The zero-order valence-electron chi connectivity index (χ0n) is 33.3.